The summed E-state index contributed by atoms with van der Waals surface area (Å²) in [6, 6.07) is 3.96. The molecule has 1 amide bonds. The first kappa shape index (κ1) is 22.2. The van der Waals surface area contributed by atoms with Crippen molar-refractivity contribution < 1.29 is 9.18 Å². The molecule has 0 aliphatic carbocycles. The SMILES string of the molecule is Cc1cc(C)nc(-n2nc(C)c(CC(=O)NC(C)c3cc(F)c(Cl)cc3Cl)c2C)n1. The van der Waals surface area contributed by atoms with Crippen molar-refractivity contribution in [1.82, 2.24) is 25.1 Å². The van der Waals surface area contributed by atoms with Crippen LogP contribution in [0.2, 0.25) is 10.0 Å². The second-order valence-electron chi connectivity index (χ2n) is 7.27. The fourth-order valence-electron chi connectivity index (χ4n) is 3.33. The summed E-state index contributed by atoms with van der Waals surface area (Å²) in [5, 5.41) is 7.60. The van der Waals surface area contributed by atoms with E-state index in [2.05, 4.69) is 20.4 Å². The highest BCUT2D eigenvalue weighted by Gasteiger charge is 2.20. The molecule has 1 unspecified atom stereocenters. The van der Waals surface area contributed by atoms with Crippen molar-refractivity contribution in [1.29, 1.82) is 0 Å². The molecule has 2 aromatic heterocycles. The molecule has 9 heteroatoms. The number of carbonyl (C=O) groups is 1. The second-order valence-corrected chi connectivity index (χ2v) is 8.08. The molecule has 0 aliphatic rings. The summed E-state index contributed by atoms with van der Waals surface area (Å²) in [6.07, 6.45) is 0.112. The summed E-state index contributed by atoms with van der Waals surface area (Å²) in [6.45, 7) is 9.23. The summed E-state index contributed by atoms with van der Waals surface area (Å²) < 4.78 is 15.4. The average Bonchev–Trinajstić information content (AvgIpc) is 2.92. The number of benzene rings is 1. The van der Waals surface area contributed by atoms with Gasteiger partial charge in [-0.1, -0.05) is 23.2 Å². The first-order chi connectivity index (χ1) is 14.1. The van der Waals surface area contributed by atoms with Crippen LogP contribution in [0.15, 0.2) is 18.2 Å². The molecule has 3 aromatic rings. The van der Waals surface area contributed by atoms with E-state index >= 15 is 0 Å². The number of aromatic nitrogens is 4. The Balaban J connectivity index is 1.80. The molecule has 158 valence electrons. The number of hydrogen-bond donors (Lipinski definition) is 1. The van der Waals surface area contributed by atoms with Gasteiger partial charge in [0.2, 0.25) is 5.91 Å². The third kappa shape index (κ3) is 4.63. The van der Waals surface area contributed by atoms with Gasteiger partial charge in [0.25, 0.3) is 5.95 Å². The molecule has 0 radical (unpaired) electrons. The van der Waals surface area contributed by atoms with Gasteiger partial charge in [-0.15, -0.1) is 0 Å². The Bertz CT molecular complexity index is 1110. The Morgan fingerprint density at radius 2 is 1.73 bits per heavy atom. The molecule has 3 rings (SSSR count). The molecule has 1 atom stereocenters. The van der Waals surface area contributed by atoms with Gasteiger partial charge >= 0.3 is 0 Å². The molecule has 0 aliphatic heterocycles. The van der Waals surface area contributed by atoms with Crippen molar-refractivity contribution in [2.24, 2.45) is 0 Å². The van der Waals surface area contributed by atoms with Crippen molar-refractivity contribution in [2.45, 2.75) is 47.1 Å². The van der Waals surface area contributed by atoms with Crippen LogP contribution in [0.1, 0.15) is 46.9 Å². The second kappa shape index (κ2) is 8.70. The summed E-state index contributed by atoms with van der Waals surface area (Å²) in [5.74, 6) is -0.351. The van der Waals surface area contributed by atoms with Crippen molar-refractivity contribution in [3.05, 3.63) is 68.0 Å². The van der Waals surface area contributed by atoms with Crippen LogP contribution in [0, 0.1) is 33.5 Å². The average molecular weight is 450 g/mol. The third-order valence-electron chi connectivity index (χ3n) is 4.82. The Hall–Kier alpha value is -2.51. The van der Waals surface area contributed by atoms with Crippen LogP contribution in [-0.2, 0) is 11.2 Å². The van der Waals surface area contributed by atoms with Crippen molar-refractivity contribution in [3.8, 4) is 5.95 Å². The van der Waals surface area contributed by atoms with Crippen LogP contribution < -0.4 is 5.32 Å². The third-order valence-corrected chi connectivity index (χ3v) is 5.44. The van der Waals surface area contributed by atoms with Crippen LogP contribution in [0.25, 0.3) is 5.95 Å². The maximum atomic E-state index is 13.8. The maximum absolute atomic E-state index is 13.8. The summed E-state index contributed by atoms with van der Waals surface area (Å²) >= 11 is 11.9. The molecule has 0 fully saturated rings. The highest BCUT2D eigenvalue weighted by molar-refractivity contribution is 6.35. The van der Waals surface area contributed by atoms with Gasteiger partial charge in [0.1, 0.15) is 5.82 Å². The minimum atomic E-state index is -0.585. The van der Waals surface area contributed by atoms with E-state index in [4.69, 9.17) is 23.2 Å². The molecular formula is C21H22Cl2FN5O. The first-order valence-corrected chi connectivity index (χ1v) is 10.1. The van der Waals surface area contributed by atoms with Crippen molar-refractivity contribution >= 4 is 29.1 Å². The zero-order valence-electron chi connectivity index (χ0n) is 17.3. The number of rotatable bonds is 5. The van der Waals surface area contributed by atoms with Crippen LogP contribution in [0.3, 0.4) is 0 Å². The lowest BCUT2D eigenvalue weighted by Gasteiger charge is -2.16. The largest absolute Gasteiger partial charge is 0.349 e. The van der Waals surface area contributed by atoms with Gasteiger partial charge in [0, 0.05) is 27.7 Å². The number of aryl methyl sites for hydroxylation is 3. The molecule has 1 aromatic carbocycles. The minimum absolute atomic E-state index is 0.0606. The normalized spacial score (nSPS) is 12.1. The summed E-state index contributed by atoms with van der Waals surface area (Å²) in [7, 11) is 0. The van der Waals surface area contributed by atoms with Crippen LogP contribution in [0.4, 0.5) is 4.39 Å². The zero-order chi connectivity index (χ0) is 22.2. The lowest BCUT2D eigenvalue weighted by molar-refractivity contribution is -0.121. The van der Waals surface area contributed by atoms with Gasteiger partial charge in [-0.05, 0) is 58.4 Å². The van der Waals surface area contributed by atoms with Gasteiger partial charge in [0.15, 0.2) is 0 Å². The van der Waals surface area contributed by atoms with E-state index in [-0.39, 0.29) is 17.4 Å². The van der Waals surface area contributed by atoms with Crippen LogP contribution in [0.5, 0.6) is 0 Å². The molecule has 30 heavy (non-hydrogen) atoms. The number of nitrogens with one attached hydrogen (secondary N) is 1. The fourth-order valence-corrected chi connectivity index (χ4v) is 3.88. The molecule has 0 bridgehead atoms. The van der Waals surface area contributed by atoms with Gasteiger partial charge in [0.05, 0.1) is 23.2 Å². The predicted molar refractivity (Wildman–Crippen MR) is 115 cm³/mol. The monoisotopic (exact) mass is 449 g/mol. The zero-order valence-corrected chi connectivity index (χ0v) is 18.9. The standard InChI is InChI=1S/C21H22Cl2FN5O/c1-10-6-11(2)26-21(25-10)29-14(5)15(13(4)28-29)8-20(30)27-12(3)16-7-19(24)18(23)9-17(16)22/h6-7,9,12H,8H2,1-5H3,(H,27,30). The van der Waals surface area contributed by atoms with E-state index in [1.54, 1.807) is 11.6 Å². The van der Waals surface area contributed by atoms with Gasteiger partial charge in [-0.2, -0.15) is 5.10 Å². The highest BCUT2D eigenvalue weighted by atomic mass is 35.5. The van der Waals surface area contributed by atoms with Crippen LogP contribution >= 0.6 is 23.2 Å². The number of halogens is 3. The molecule has 2 heterocycles. The molecule has 1 N–H and O–H groups in total. The van der Waals surface area contributed by atoms with E-state index < -0.39 is 11.9 Å². The van der Waals surface area contributed by atoms with E-state index in [0.717, 1.165) is 22.6 Å². The number of nitrogens with zero attached hydrogens (tertiary/aromatic N) is 4. The number of carbonyl (C=O) groups excluding carboxylic acids is 1. The number of amides is 1. The lowest BCUT2D eigenvalue weighted by atomic mass is 10.1. The maximum Gasteiger partial charge on any atom is 0.251 e. The minimum Gasteiger partial charge on any atom is -0.349 e. The van der Waals surface area contributed by atoms with Crippen molar-refractivity contribution in [3.63, 3.8) is 0 Å². The molecule has 0 saturated carbocycles. The molecule has 0 spiro atoms. The molecule has 0 saturated heterocycles. The van der Waals surface area contributed by atoms with Gasteiger partial charge in [-0.3, -0.25) is 4.79 Å². The lowest BCUT2D eigenvalue weighted by Crippen LogP contribution is -2.28. The van der Waals surface area contributed by atoms with E-state index in [0.29, 0.717) is 22.2 Å². The Morgan fingerprint density at radius 3 is 2.37 bits per heavy atom. The Kier molecular flexibility index (Phi) is 6.43. The van der Waals surface area contributed by atoms with E-state index in [1.807, 2.05) is 33.8 Å². The highest BCUT2D eigenvalue weighted by Crippen LogP contribution is 2.28. The first-order valence-electron chi connectivity index (χ1n) is 9.38. The van der Waals surface area contributed by atoms with E-state index in [1.165, 1.54) is 12.1 Å². The van der Waals surface area contributed by atoms with Crippen molar-refractivity contribution in [2.75, 3.05) is 0 Å². The summed E-state index contributed by atoms with van der Waals surface area (Å²) in [4.78, 5) is 21.6. The fraction of sp³-hybridized carbons (Fsp3) is 0.333. The van der Waals surface area contributed by atoms with E-state index in [9.17, 15) is 9.18 Å². The number of hydrogen-bond acceptors (Lipinski definition) is 4. The summed E-state index contributed by atoms with van der Waals surface area (Å²) in [5.41, 5.74) is 4.43. The Morgan fingerprint density at radius 1 is 1.10 bits per heavy atom. The smallest absolute Gasteiger partial charge is 0.251 e. The topological polar surface area (TPSA) is 72.7 Å². The quantitative estimate of drug-likeness (QED) is 0.569. The molecular weight excluding hydrogens is 428 g/mol. The molecule has 6 nitrogen and oxygen atoms in total. The van der Waals surface area contributed by atoms with Gasteiger partial charge in [-0.25, -0.2) is 19.0 Å². The van der Waals surface area contributed by atoms with Gasteiger partial charge < -0.3 is 5.32 Å². The predicted octanol–water partition coefficient (Wildman–Crippen LogP) is 4.76. The van der Waals surface area contributed by atoms with Crippen LogP contribution in [-0.4, -0.2) is 25.7 Å². The Labute approximate surface area is 184 Å².